The lowest BCUT2D eigenvalue weighted by molar-refractivity contribution is -0.158. The smallest absolute Gasteiger partial charge is 0.330 e. The van der Waals surface area contributed by atoms with Crippen molar-refractivity contribution < 1.29 is 43.0 Å². The molecule has 0 spiro atoms. The second kappa shape index (κ2) is 11.2. The van der Waals surface area contributed by atoms with Crippen LogP contribution in [0.25, 0.3) is 6.08 Å². The number of nitrogens with zero attached hydrogens (tertiary/aromatic N) is 3. The van der Waals surface area contributed by atoms with Crippen molar-refractivity contribution in [1.82, 2.24) is 14.8 Å². The zero-order valence-corrected chi connectivity index (χ0v) is 25.4. The zero-order chi connectivity index (χ0) is 32.3. The third-order valence-corrected chi connectivity index (χ3v) is 9.32. The quantitative estimate of drug-likeness (QED) is 0.261. The first kappa shape index (κ1) is 30.1. The highest BCUT2D eigenvalue weighted by molar-refractivity contribution is 6.27. The average molecular weight is 614 g/mol. The van der Waals surface area contributed by atoms with E-state index < -0.39 is 60.0 Å². The van der Waals surface area contributed by atoms with Crippen LogP contribution >= 0.6 is 0 Å². The summed E-state index contributed by atoms with van der Waals surface area (Å²) in [5.74, 6) is -3.18. The summed E-state index contributed by atoms with van der Waals surface area (Å²) in [7, 11) is 4.31. The Hall–Kier alpha value is -4.97. The average Bonchev–Trinajstić information content (AvgIpc) is 3.03. The van der Waals surface area contributed by atoms with Gasteiger partial charge in [0.25, 0.3) is 0 Å². The fourth-order valence-electron chi connectivity index (χ4n) is 7.23. The van der Waals surface area contributed by atoms with Gasteiger partial charge in [-0.2, -0.15) is 0 Å². The van der Waals surface area contributed by atoms with Gasteiger partial charge in [-0.05, 0) is 45.0 Å². The maximum Gasteiger partial charge on any atom is 0.330 e. The standard InChI is InChI=1S/C33H31N3O9/c1-15-27(38)18-11-20-26-25-19(28(39)16(2)32(44-5)30(25)41)12-21(35(26)3)33(42)36(20)22(24(18)29(40)31(15)43-4)14-45-23(37)9-8-17-7-6-10-34-13-17/h6-10,13,20-22,26H,11-12,14H2,1-5H3/b9-8+/t20-,21-,22-,26-/m0/s1. The number of pyridine rings is 1. The summed E-state index contributed by atoms with van der Waals surface area (Å²) in [5, 5.41) is 0. The van der Waals surface area contributed by atoms with E-state index in [-0.39, 0.29) is 63.6 Å². The zero-order valence-electron chi connectivity index (χ0n) is 25.4. The maximum atomic E-state index is 14.3. The molecule has 0 aromatic carbocycles. The molecule has 0 radical (unpaired) electrons. The number of aromatic nitrogens is 1. The van der Waals surface area contributed by atoms with Crippen molar-refractivity contribution in [2.45, 2.75) is 50.9 Å². The minimum atomic E-state index is -1.15. The molecule has 1 amide bonds. The lowest BCUT2D eigenvalue weighted by Gasteiger charge is -2.57. The number of amides is 1. The van der Waals surface area contributed by atoms with Crippen LogP contribution in [0.4, 0.5) is 0 Å². The predicted molar refractivity (Wildman–Crippen MR) is 157 cm³/mol. The minimum Gasteiger partial charge on any atom is -0.492 e. The van der Waals surface area contributed by atoms with Crippen molar-refractivity contribution in [3.05, 3.63) is 81.1 Å². The van der Waals surface area contributed by atoms with E-state index in [1.807, 2.05) is 0 Å². The molecule has 2 bridgehead atoms. The Morgan fingerprint density at radius 2 is 1.56 bits per heavy atom. The number of allylic oxidation sites excluding steroid dienone is 4. The van der Waals surface area contributed by atoms with Gasteiger partial charge in [0.05, 0.1) is 38.4 Å². The van der Waals surface area contributed by atoms with E-state index in [2.05, 4.69) is 4.98 Å². The van der Waals surface area contributed by atoms with Gasteiger partial charge in [-0.25, -0.2) is 4.79 Å². The summed E-state index contributed by atoms with van der Waals surface area (Å²) >= 11 is 0. The number of carbonyl (C=O) groups excluding carboxylic acids is 6. The molecule has 1 saturated heterocycles. The molecule has 0 unspecified atom stereocenters. The van der Waals surface area contributed by atoms with Crippen LogP contribution in [-0.2, 0) is 43.0 Å². The largest absolute Gasteiger partial charge is 0.492 e. The molecule has 3 aliphatic heterocycles. The molecule has 1 aromatic rings. The molecule has 232 valence electrons. The normalized spacial score (nSPS) is 26.9. The topological polar surface area (TPSA) is 149 Å². The van der Waals surface area contributed by atoms with Gasteiger partial charge in [0.15, 0.2) is 23.1 Å². The summed E-state index contributed by atoms with van der Waals surface area (Å²) in [6.07, 6.45) is 5.80. The van der Waals surface area contributed by atoms with Crippen molar-refractivity contribution in [1.29, 1.82) is 0 Å². The van der Waals surface area contributed by atoms with Gasteiger partial charge in [0, 0.05) is 58.3 Å². The Balaban J connectivity index is 1.43. The van der Waals surface area contributed by atoms with Gasteiger partial charge in [0.2, 0.25) is 17.5 Å². The van der Waals surface area contributed by atoms with Gasteiger partial charge >= 0.3 is 5.97 Å². The molecule has 2 aliphatic carbocycles. The highest BCUT2D eigenvalue weighted by Crippen LogP contribution is 2.47. The van der Waals surface area contributed by atoms with Crippen LogP contribution < -0.4 is 0 Å². The van der Waals surface area contributed by atoms with Crippen molar-refractivity contribution in [3.8, 4) is 0 Å². The van der Waals surface area contributed by atoms with Crippen molar-refractivity contribution >= 4 is 41.1 Å². The van der Waals surface area contributed by atoms with Crippen LogP contribution in [0.15, 0.2) is 75.6 Å². The molecule has 4 heterocycles. The predicted octanol–water partition coefficient (Wildman–Crippen LogP) is 1.43. The summed E-state index contributed by atoms with van der Waals surface area (Å²) in [6, 6.07) is -0.145. The molecular weight excluding hydrogens is 582 g/mol. The Kier molecular flexibility index (Phi) is 7.48. The molecule has 0 N–H and O–H groups in total. The van der Waals surface area contributed by atoms with E-state index in [1.54, 1.807) is 36.5 Å². The lowest BCUT2D eigenvalue weighted by Crippen LogP contribution is -2.73. The van der Waals surface area contributed by atoms with E-state index >= 15 is 0 Å². The number of ether oxygens (including phenoxy) is 3. The third-order valence-electron chi connectivity index (χ3n) is 9.32. The first-order chi connectivity index (χ1) is 21.5. The van der Waals surface area contributed by atoms with E-state index in [0.29, 0.717) is 5.56 Å². The second-order valence-corrected chi connectivity index (χ2v) is 11.5. The molecule has 45 heavy (non-hydrogen) atoms. The van der Waals surface area contributed by atoms with E-state index in [9.17, 15) is 28.8 Å². The molecule has 5 aliphatic rings. The summed E-state index contributed by atoms with van der Waals surface area (Å²) in [4.78, 5) is 89.1. The van der Waals surface area contributed by atoms with Crippen LogP contribution in [0.1, 0.15) is 32.3 Å². The number of hydrogen-bond acceptors (Lipinski definition) is 11. The number of methoxy groups -OCH3 is 2. The number of hydrogen-bond donors (Lipinski definition) is 0. The molecule has 1 aromatic heterocycles. The summed E-state index contributed by atoms with van der Waals surface area (Å²) < 4.78 is 16.3. The number of carbonyl (C=O) groups is 6. The number of likely N-dealkylation sites (N-methyl/N-ethyl adjacent to an activating group) is 1. The molecular formula is C33H31N3O9. The van der Waals surface area contributed by atoms with Crippen molar-refractivity contribution in [3.63, 3.8) is 0 Å². The minimum absolute atomic E-state index is 0.0206. The number of fused-ring (bicyclic) bond motifs is 5. The SMILES string of the molecule is COC1=C(C)C(=O)C2=C(C1=O)[C@@H]1[C@@H]3CC4=C(C(=O)C(OC)=C(C)C4=O)[C@H](COC(=O)/C=C/c4cccnc4)N3C(=O)[C@H](C2)N1C. The fraction of sp³-hybridized carbons (Fsp3) is 0.364. The Labute approximate surface area is 258 Å². The Morgan fingerprint density at radius 1 is 0.933 bits per heavy atom. The highest BCUT2D eigenvalue weighted by Gasteiger charge is 2.59. The number of piperazine rings is 1. The number of esters is 1. The van der Waals surface area contributed by atoms with Crippen LogP contribution in [0, 0.1) is 0 Å². The highest BCUT2D eigenvalue weighted by atomic mass is 16.5. The number of Topliss-reactive ketones (excluding diaryl/α,β-unsaturated/α-hetero) is 4. The molecule has 0 saturated carbocycles. The summed E-state index contributed by atoms with van der Waals surface area (Å²) in [5.41, 5.74) is 1.60. The number of ketones is 4. The first-order valence-electron chi connectivity index (χ1n) is 14.4. The molecule has 4 atom stereocenters. The summed E-state index contributed by atoms with van der Waals surface area (Å²) in [6.45, 7) is 2.58. The van der Waals surface area contributed by atoms with Crippen LogP contribution in [-0.4, -0.2) is 102 Å². The number of rotatable bonds is 6. The molecule has 6 rings (SSSR count). The van der Waals surface area contributed by atoms with E-state index in [4.69, 9.17) is 14.2 Å². The second-order valence-electron chi connectivity index (χ2n) is 11.5. The van der Waals surface area contributed by atoms with Gasteiger partial charge < -0.3 is 19.1 Å². The lowest BCUT2D eigenvalue weighted by atomic mass is 9.69. The first-order valence-corrected chi connectivity index (χ1v) is 14.4. The maximum absolute atomic E-state index is 14.3. The monoisotopic (exact) mass is 613 g/mol. The van der Waals surface area contributed by atoms with Crippen LogP contribution in [0.5, 0.6) is 0 Å². The van der Waals surface area contributed by atoms with Gasteiger partial charge in [-0.15, -0.1) is 0 Å². The van der Waals surface area contributed by atoms with Gasteiger partial charge in [0.1, 0.15) is 6.61 Å². The van der Waals surface area contributed by atoms with Crippen molar-refractivity contribution in [2.24, 2.45) is 0 Å². The van der Waals surface area contributed by atoms with Gasteiger partial charge in [-0.1, -0.05) is 6.07 Å². The molecule has 12 nitrogen and oxygen atoms in total. The Bertz CT molecular complexity index is 1750. The third kappa shape index (κ3) is 4.50. The fourth-order valence-corrected chi connectivity index (χ4v) is 7.23. The van der Waals surface area contributed by atoms with Gasteiger partial charge in [-0.3, -0.25) is 33.9 Å². The molecule has 12 heteroatoms. The van der Waals surface area contributed by atoms with Crippen LogP contribution in [0.2, 0.25) is 0 Å². The molecule has 1 fully saturated rings. The van der Waals surface area contributed by atoms with Crippen LogP contribution in [0.3, 0.4) is 0 Å². The van der Waals surface area contributed by atoms with E-state index in [0.717, 1.165) is 0 Å². The van der Waals surface area contributed by atoms with Crippen molar-refractivity contribution in [2.75, 3.05) is 27.9 Å². The Morgan fingerprint density at radius 3 is 2.16 bits per heavy atom. The van der Waals surface area contributed by atoms with E-state index in [1.165, 1.54) is 45.1 Å².